The van der Waals surface area contributed by atoms with Gasteiger partial charge in [0, 0.05) is 6.20 Å². The summed E-state index contributed by atoms with van der Waals surface area (Å²) < 4.78 is 7.12. The smallest absolute Gasteiger partial charge is 0.167 e. The molecule has 5 N–H and O–H groups in total. The molecule has 0 spiro atoms. The van der Waals surface area contributed by atoms with Crippen molar-refractivity contribution in [3.63, 3.8) is 0 Å². The van der Waals surface area contributed by atoms with E-state index in [1.165, 1.54) is 13.3 Å². The fourth-order valence-corrected chi connectivity index (χ4v) is 2.57. The predicted molar refractivity (Wildman–Crippen MR) is 69.6 cm³/mol. The van der Waals surface area contributed by atoms with E-state index in [0.29, 0.717) is 16.9 Å². The molecule has 0 saturated carbocycles. The number of aromatic nitrogens is 3. The Morgan fingerprint density at radius 3 is 2.90 bits per heavy atom. The van der Waals surface area contributed by atoms with Gasteiger partial charge in [-0.15, -0.1) is 0 Å². The number of ether oxygens (including phenoxy) is 1. The Balaban J connectivity index is 2.10. The highest BCUT2D eigenvalue weighted by atomic mass is 16.6. The Hall–Kier alpha value is -1.74. The van der Waals surface area contributed by atoms with Crippen molar-refractivity contribution in [1.29, 1.82) is 0 Å². The van der Waals surface area contributed by atoms with Crippen LogP contribution in [0.5, 0.6) is 0 Å². The number of fused-ring (bicyclic) bond motifs is 1. The molecule has 0 bridgehead atoms. The van der Waals surface area contributed by atoms with Crippen molar-refractivity contribution in [1.82, 2.24) is 14.5 Å². The zero-order valence-electron chi connectivity index (χ0n) is 10.8. The van der Waals surface area contributed by atoms with E-state index in [0.717, 1.165) is 0 Å². The van der Waals surface area contributed by atoms with E-state index < -0.39 is 24.0 Å². The van der Waals surface area contributed by atoms with Gasteiger partial charge in [-0.3, -0.25) is 0 Å². The van der Waals surface area contributed by atoms with Gasteiger partial charge in [-0.25, -0.2) is 9.97 Å². The number of hydrogen-bond acceptors (Lipinski definition) is 7. The van der Waals surface area contributed by atoms with E-state index in [4.69, 9.17) is 10.5 Å². The molecule has 1 unspecified atom stereocenters. The minimum Gasteiger partial charge on any atom is -0.394 e. The Kier molecular flexibility index (Phi) is 2.91. The van der Waals surface area contributed by atoms with Crippen molar-refractivity contribution in [2.45, 2.75) is 31.0 Å². The zero-order chi connectivity index (χ0) is 14.5. The van der Waals surface area contributed by atoms with Crippen LogP contribution in [0.3, 0.4) is 0 Å². The van der Waals surface area contributed by atoms with Gasteiger partial charge in [-0.2, -0.15) is 0 Å². The molecule has 8 nitrogen and oxygen atoms in total. The Bertz CT molecular complexity index is 641. The van der Waals surface area contributed by atoms with Gasteiger partial charge >= 0.3 is 0 Å². The number of aliphatic hydroxyl groups is 3. The van der Waals surface area contributed by atoms with Gasteiger partial charge in [0.1, 0.15) is 35.6 Å². The average molecular weight is 280 g/mol. The number of nitrogens with zero attached hydrogens (tertiary/aromatic N) is 3. The van der Waals surface area contributed by atoms with Crippen molar-refractivity contribution in [2.75, 3.05) is 12.3 Å². The molecule has 108 valence electrons. The van der Waals surface area contributed by atoms with Gasteiger partial charge < -0.3 is 30.4 Å². The van der Waals surface area contributed by atoms with Crippen LogP contribution in [-0.4, -0.2) is 54.3 Å². The summed E-state index contributed by atoms with van der Waals surface area (Å²) in [5.74, 6) is 0.325. The molecular formula is C12H16N4O4. The molecule has 4 atom stereocenters. The van der Waals surface area contributed by atoms with Crippen molar-refractivity contribution in [3.05, 3.63) is 18.6 Å². The maximum Gasteiger partial charge on any atom is 0.167 e. The highest BCUT2D eigenvalue weighted by Gasteiger charge is 2.53. The van der Waals surface area contributed by atoms with Gasteiger partial charge in [0.2, 0.25) is 0 Å². The molecule has 0 aromatic carbocycles. The molecule has 2 aromatic rings. The number of nitrogen functional groups attached to an aromatic ring is 1. The summed E-state index contributed by atoms with van der Waals surface area (Å²) in [7, 11) is 0. The highest BCUT2D eigenvalue weighted by Crippen LogP contribution is 2.39. The van der Waals surface area contributed by atoms with Crippen LogP contribution >= 0.6 is 0 Å². The first-order valence-electron chi connectivity index (χ1n) is 6.20. The van der Waals surface area contributed by atoms with Crippen LogP contribution in [0.4, 0.5) is 5.82 Å². The second kappa shape index (κ2) is 4.38. The first kappa shape index (κ1) is 13.3. The fourth-order valence-electron chi connectivity index (χ4n) is 2.57. The minimum absolute atomic E-state index is 0.325. The maximum atomic E-state index is 10.4. The summed E-state index contributed by atoms with van der Waals surface area (Å²) >= 11 is 0. The Morgan fingerprint density at radius 2 is 2.25 bits per heavy atom. The quantitative estimate of drug-likeness (QED) is 0.556. The fraction of sp³-hybridized carbons (Fsp3) is 0.500. The number of rotatable bonds is 2. The molecule has 2 aromatic heterocycles. The average Bonchev–Trinajstić information content (AvgIpc) is 2.92. The highest BCUT2D eigenvalue weighted by molar-refractivity contribution is 5.86. The predicted octanol–water partition coefficient (Wildman–Crippen LogP) is -0.985. The van der Waals surface area contributed by atoms with Crippen molar-refractivity contribution < 1.29 is 20.1 Å². The molecule has 8 heteroatoms. The summed E-state index contributed by atoms with van der Waals surface area (Å²) in [4.78, 5) is 8.01. The third-order valence-electron chi connectivity index (χ3n) is 3.73. The lowest BCUT2D eigenvalue weighted by Gasteiger charge is -2.27. The van der Waals surface area contributed by atoms with Crippen LogP contribution < -0.4 is 5.73 Å². The topological polar surface area (TPSA) is 127 Å². The first-order valence-corrected chi connectivity index (χ1v) is 6.20. The Labute approximate surface area is 114 Å². The lowest BCUT2D eigenvalue weighted by atomic mass is 9.96. The summed E-state index contributed by atoms with van der Waals surface area (Å²) in [6.07, 6.45) is 0.0428. The monoisotopic (exact) mass is 280 g/mol. The lowest BCUT2D eigenvalue weighted by molar-refractivity contribution is -0.0948. The second-order valence-electron chi connectivity index (χ2n) is 5.10. The summed E-state index contributed by atoms with van der Waals surface area (Å²) in [5, 5.41) is 30.3. The molecule has 0 amide bonds. The SMILES string of the molecule is CC1(O)[C@@H](O)[C@@H](CO)O[C@H]1n1ccc2c(N)ncnc21. The van der Waals surface area contributed by atoms with E-state index in [-0.39, 0.29) is 6.61 Å². The maximum absolute atomic E-state index is 10.4. The number of aliphatic hydroxyl groups excluding tert-OH is 2. The Morgan fingerprint density at radius 1 is 1.50 bits per heavy atom. The molecule has 3 heterocycles. The van der Waals surface area contributed by atoms with Gasteiger partial charge in [0.25, 0.3) is 0 Å². The van der Waals surface area contributed by atoms with Gasteiger partial charge in [0.15, 0.2) is 6.23 Å². The van der Waals surface area contributed by atoms with Crippen molar-refractivity contribution >= 4 is 16.9 Å². The molecule has 1 aliphatic heterocycles. The van der Waals surface area contributed by atoms with Gasteiger partial charge in [-0.05, 0) is 13.0 Å². The van der Waals surface area contributed by atoms with Gasteiger partial charge in [0.05, 0.1) is 12.0 Å². The standard InChI is InChI=1S/C12H16N4O4/c1-12(19)8(18)7(4-17)20-11(12)16-3-2-6-9(13)14-5-15-10(6)16/h2-3,5,7-8,11,17-19H,4H2,1H3,(H2,13,14,15)/t7-,8+,11-,12?/m1/s1. The third kappa shape index (κ3) is 1.70. The van der Waals surface area contributed by atoms with Crippen LogP contribution in [-0.2, 0) is 4.74 Å². The molecule has 20 heavy (non-hydrogen) atoms. The molecule has 1 aliphatic rings. The van der Waals surface area contributed by atoms with Crippen LogP contribution in [0.2, 0.25) is 0 Å². The van der Waals surface area contributed by atoms with Crippen LogP contribution in [0.1, 0.15) is 13.2 Å². The van der Waals surface area contributed by atoms with Crippen molar-refractivity contribution in [2.24, 2.45) is 0 Å². The normalized spacial score (nSPS) is 33.9. The number of nitrogens with two attached hydrogens (primary N) is 1. The summed E-state index contributed by atoms with van der Waals surface area (Å²) in [6.45, 7) is 1.07. The van der Waals surface area contributed by atoms with E-state index in [9.17, 15) is 15.3 Å². The molecule has 0 aliphatic carbocycles. The van der Waals surface area contributed by atoms with E-state index in [1.807, 2.05) is 0 Å². The number of anilines is 1. The molecular weight excluding hydrogens is 264 g/mol. The largest absolute Gasteiger partial charge is 0.394 e. The van der Waals surface area contributed by atoms with Gasteiger partial charge in [-0.1, -0.05) is 0 Å². The van der Waals surface area contributed by atoms with Crippen LogP contribution in [0, 0.1) is 0 Å². The van der Waals surface area contributed by atoms with E-state index in [2.05, 4.69) is 9.97 Å². The molecule has 1 fully saturated rings. The summed E-state index contributed by atoms with van der Waals surface area (Å²) in [6, 6.07) is 1.71. The number of hydrogen-bond donors (Lipinski definition) is 4. The van der Waals surface area contributed by atoms with Crippen LogP contribution in [0.25, 0.3) is 11.0 Å². The van der Waals surface area contributed by atoms with Crippen LogP contribution in [0.15, 0.2) is 18.6 Å². The lowest BCUT2D eigenvalue weighted by Crippen LogP contribution is -2.44. The third-order valence-corrected chi connectivity index (χ3v) is 3.73. The summed E-state index contributed by atoms with van der Waals surface area (Å²) in [5.41, 5.74) is 4.70. The molecule has 1 saturated heterocycles. The minimum atomic E-state index is -1.56. The van der Waals surface area contributed by atoms with E-state index >= 15 is 0 Å². The second-order valence-corrected chi connectivity index (χ2v) is 5.10. The first-order chi connectivity index (χ1) is 9.46. The molecule has 3 rings (SSSR count). The van der Waals surface area contributed by atoms with Crippen molar-refractivity contribution in [3.8, 4) is 0 Å². The van der Waals surface area contributed by atoms with E-state index in [1.54, 1.807) is 16.8 Å². The zero-order valence-corrected chi connectivity index (χ0v) is 10.8. The molecule has 0 radical (unpaired) electrons.